The van der Waals surface area contributed by atoms with Gasteiger partial charge in [-0.1, -0.05) is 50.6 Å². The summed E-state index contributed by atoms with van der Waals surface area (Å²) >= 11 is 0. The number of rotatable bonds is 9. The highest BCUT2D eigenvalue weighted by Crippen LogP contribution is 2.26. The molecule has 0 heterocycles. The van der Waals surface area contributed by atoms with E-state index in [1.54, 1.807) is 0 Å². The molecule has 0 spiro atoms. The molecule has 1 aromatic rings. The van der Waals surface area contributed by atoms with Crippen molar-refractivity contribution in [1.82, 2.24) is 10.2 Å². The van der Waals surface area contributed by atoms with Gasteiger partial charge < -0.3 is 5.32 Å². The van der Waals surface area contributed by atoms with E-state index in [9.17, 15) is 0 Å². The lowest BCUT2D eigenvalue weighted by Crippen LogP contribution is -2.35. The molecule has 1 atom stereocenters. The maximum Gasteiger partial charge on any atom is 0.0320 e. The average molecular weight is 260 g/mol. The number of nitrogens with zero attached hydrogens (tertiary/aromatic N) is 1. The highest BCUT2D eigenvalue weighted by molar-refractivity contribution is 5.18. The van der Waals surface area contributed by atoms with Crippen LogP contribution in [0.4, 0.5) is 0 Å². The first-order valence-electron chi connectivity index (χ1n) is 7.87. The van der Waals surface area contributed by atoms with Crippen molar-refractivity contribution in [2.24, 2.45) is 0 Å². The van der Waals surface area contributed by atoms with Crippen molar-refractivity contribution in [2.75, 3.05) is 19.6 Å². The number of likely N-dealkylation sites (N-methyl/N-ethyl adjacent to an activating group) is 1. The van der Waals surface area contributed by atoms with Gasteiger partial charge in [0.15, 0.2) is 0 Å². The fourth-order valence-electron chi connectivity index (χ4n) is 2.78. The summed E-state index contributed by atoms with van der Waals surface area (Å²) in [6, 6.07) is 12.3. The van der Waals surface area contributed by atoms with Crippen molar-refractivity contribution in [3.8, 4) is 0 Å². The molecular formula is C17H28N2. The lowest BCUT2D eigenvalue weighted by molar-refractivity contribution is 0.271. The lowest BCUT2D eigenvalue weighted by atomic mass is 10.0. The molecule has 0 amide bonds. The Bertz CT molecular complexity index is 346. The molecule has 106 valence electrons. The Morgan fingerprint density at radius 1 is 1.21 bits per heavy atom. The second kappa shape index (κ2) is 7.66. The van der Waals surface area contributed by atoms with Gasteiger partial charge in [0.25, 0.3) is 0 Å². The van der Waals surface area contributed by atoms with Gasteiger partial charge in [-0.05, 0) is 31.4 Å². The molecular weight excluding hydrogens is 232 g/mol. The van der Waals surface area contributed by atoms with E-state index >= 15 is 0 Å². The predicted molar refractivity (Wildman–Crippen MR) is 82.4 cm³/mol. The molecule has 0 radical (unpaired) electrons. The maximum absolute atomic E-state index is 3.74. The van der Waals surface area contributed by atoms with E-state index in [0.29, 0.717) is 6.04 Å². The summed E-state index contributed by atoms with van der Waals surface area (Å²) in [6.45, 7) is 8.02. The van der Waals surface area contributed by atoms with Crippen LogP contribution < -0.4 is 5.32 Å². The number of benzene rings is 1. The Hall–Kier alpha value is -0.860. The van der Waals surface area contributed by atoms with Gasteiger partial charge in [-0.25, -0.2) is 0 Å². The number of hydrogen-bond donors (Lipinski definition) is 1. The van der Waals surface area contributed by atoms with Gasteiger partial charge in [-0.15, -0.1) is 0 Å². The molecule has 1 N–H and O–H groups in total. The quantitative estimate of drug-likeness (QED) is 0.730. The van der Waals surface area contributed by atoms with Gasteiger partial charge in [-0.2, -0.15) is 0 Å². The standard InChI is InChI=1S/C17H28N2/c1-3-8-17(15-9-6-5-7-10-15)18-13-14-19(4-2)16-11-12-16/h5-7,9-10,16-18H,3-4,8,11-14H2,1-2H3. The number of nitrogens with one attached hydrogen (secondary N) is 1. The van der Waals surface area contributed by atoms with Crippen molar-refractivity contribution in [3.63, 3.8) is 0 Å². The van der Waals surface area contributed by atoms with Crippen LogP contribution in [0.3, 0.4) is 0 Å². The first-order valence-corrected chi connectivity index (χ1v) is 7.87. The van der Waals surface area contributed by atoms with Gasteiger partial charge in [0.2, 0.25) is 0 Å². The summed E-state index contributed by atoms with van der Waals surface area (Å²) in [5.41, 5.74) is 1.43. The maximum atomic E-state index is 3.74. The van der Waals surface area contributed by atoms with Crippen molar-refractivity contribution in [2.45, 2.75) is 51.6 Å². The Morgan fingerprint density at radius 3 is 2.53 bits per heavy atom. The van der Waals surface area contributed by atoms with Crippen LogP contribution in [0, 0.1) is 0 Å². The molecule has 2 rings (SSSR count). The number of hydrogen-bond acceptors (Lipinski definition) is 2. The Morgan fingerprint density at radius 2 is 1.95 bits per heavy atom. The van der Waals surface area contributed by atoms with Gasteiger partial charge in [0.05, 0.1) is 0 Å². The molecule has 0 aromatic heterocycles. The van der Waals surface area contributed by atoms with Gasteiger partial charge >= 0.3 is 0 Å². The summed E-state index contributed by atoms with van der Waals surface area (Å²) in [6.07, 6.45) is 5.27. The van der Waals surface area contributed by atoms with Crippen LogP contribution in [-0.4, -0.2) is 30.6 Å². The van der Waals surface area contributed by atoms with Crippen LogP contribution in [0.1, 0.15) is 51.1 Å². The largest absolute Gasteiger partial charge is 0.309 e. The van der Waals surface area contributed by atoms with E-state index in [2.05, 4.69) is 54.4 Å². The van der Waals surface area contributed by atoms with Crippen molar-refractivity contribution in [3.05, 3.63) is 35.9 Å². The lowest BCUT2D eigenvalue weighted by Gasteiger charge is -2.23. The summed E-state index contributed by atoms with van der Waals surface area (Å²) in [5.74, 6) is 0. The summed E-state index contributed by atoms with van der Waals surface area (Å²) in [5, 5.41) is 3.74. The molecule has 1 saturated carbocycles. The third kappa shape index (κ3) is 4.63. The molecule has 2 nitrogen and oxygen atoms in total. The third-order valence-electron chi connectivity index (χ3n) is 4.04. The predicted octanol–water partition coefficient (Wildman–Crippen LogP) is 3.60. The van der Waals surface area contributed by atoms with Crippen LogP contribution >= 0.6 is 0 Å². The average Bonchev–Trinajstić information content (AvgIpc) is 3.28. The van der Waals surface area contributed by atoms with Crippen LogP contribution in [-0.2, 0) is 0 Å². The Kier molecular flexibility index (Phi) is 5.87. The molecule has 0 aliphatic heterocycles. The van der Waals surface area contributed by atoms with Crippen molar-refractivity contribution >= 4 is 0 Å². The smallest absolute Gasteiger partial charge is 0.0320 e. The second-order valence-electron chi connectivity index (χ2n) is 5.57. The van der Waals surface area contributed by atoms with E-state index < -0.39 is 0 Å². The molecule has 1 aromatic carbocycles. The molecule has 19 heavy (non-hydrogen) atoms. The first kappa shape index (κ1) is 14.5. The van der Waals surface area contributed by atoms with E-state index in [-0.39, 0.29) is 0 Å². The molecule has 1 unspecified atom stereocenters. The summed E-state index contributed by atoms with van der Waals surface area (Å²) < 4.78 is 0. The van der Waals surface area contributed by atoms with Gasteiger partial charge in [0.1, 0.15) is 0 Å². The highest BCUT2D eigenvalue weighted by atomic mass is 15.2. The van der Waals surface area contributed by atoms with Crippen molar-refractivity contribution in [1.29, 1.82) is 0 Å². The van der Waals surface area contributed by atoms with Crippen LogP contribution in [0.15, 0.2) is 30.3 Å². The van der Waals surface area contributed by atoms with Crippen LogP contribution in [0.5, 0.6) is 0 Å². The molecule has 1 aliphatic carbocycles. The Labute approximate surface area is 118 Å². The third-order valence-corrected chi connectivity index (χ3v) is 4.04. The monoisotopic (exact) mass is 260 g/mol. The molecule has 1 aliphatic rings. The molecule has 2 heteroatoms. The first-order chi connectivity index (χ1) is 9.35. The minimum Gasteiger partial charge on any atom is -0.309 e. The van der Waals surface area contributed by atoms with Crippen LogP contribution in [0.25, 0.3) is 0 Å². The topological polar surface area (TPSA) is 15.3 Å². The van der Waals surface area contributed by atoms with Crippen LogP contribution in [0.2, 0.25) is 0 Å². The zero-order valence-electron chi connectivity index (χ0n) is 12.4. The van der Waals surface area contributed by atoms with Gasteiger partial charge in [-0.3, -0.25) is 4.90 Å². The molecule has 0 saturated heterocycles. The Balaban J connectivity index is 1.80. The molecule has 1 fully saturated rings. The minimum atomic E-state index is 0.518. The van der Waals surface area contributed by atoms with E-state index in [0.717, 1.165) is 12.6 Å². The van der Waals surface area contributed by atoms with E-state index in [1.807, 2.05) is 0 Å². The van der Waals surface area contributed by atoms with Crippen molar-refractivity contribution < 1.29 is 0 Å². The fourth-order valence-corrected chi connectivity index (χ4v) is 2.78. The second-order valence-corrected chi connectivity index (χ2v) is 5.57. The SMILES string of the molecule is CCCC(NCCN(CC)C1CC1)c1ccccc1. The normalized spacial score (nSPS) is 16.8. The molecule has 0 bridgehead atoms. The minimum absolute atomic E-state index is 0.518. The highest BCUT2D eigenvalue weighted by Gasteiger charge is 2.27. The van der Waals surface area contributed by atoms with E-state index in [1.165, 1.54) is 44.3 Å². The van der Waals surface area contributed by atoms with Gasteiger partial charge in [0, 0.05) is 25.2 Å². The van der Waals surface area contributed by atoms with E-state index in [4.69, 9.17) is 0 Å². The fraction of sp³-hybridized carbons (Fsp3) is 0.647. The zero-order chi connectivity index (χ0) is 13.5. The summed E-state index contributed by atoms with van der Waals surface area (Å²) in [4.78, 5) is 2.61. The summed E-state index contributed by atoms with van der Waals surface area (Å²) in [7, 11) is 0. The zero-order valence-corrected chi connectivity index (χ0v) is 12.4.